The second-order valence-corrected chi connectivity index (χ2v) is 12.1. The molecule has 12 heteroatoms. The number of H-pyrrole nitrogens is 1. The molecule has 0 spiro atoms. The van der Waals surface area contributed by atoms with Gasteiger partial charge in [-0.1, -0.05) is 25.1 Å². The predicted molar refractivity (Wildman–Crippen MR) is 150 cm³/mol. The summed E-state index contributed by atoms with van der Waals surface area (Å²) >= 11 is 0. The number of rotatable bonds is 7. The minimum atomic E-state index is -3.66. The van der Waals surface area contributed by atoms with E-state index in [0.717, 1.165) is 22.6 Å². The lowest BCUT2D eigenvalue weighted by Crippen LogP contribution is -2.48. The third-order valence-corrected chi connectivity index (χ3v) is 9.47. The third-order valence-electron chi connectivity index (χ3n) is 7.56. The zero-order valence-corrected chi connectivity index (χ0v) is 23.2. The molecule has 210 valence electrons. The molecule has 2 aromatic carbocycles. The van der Waals surface area contributed by atoms with Gasteiger partial charge in [-0.3, -0.25) is 18.8 Å². The van der Waals surface area contributed by atoms with E-state index < -0.39 is 10.0 Å². The molecule has 1 N–H and O–H groups in total. The molecule has 0 aliphatic carbocycles. The summed E-state index contributed by atoms with van der Waals surface area (Å²) in [5.41, 5.74) is 2.59. The molecule has 2 aliphatic rings. The van der Waals surface area contributed by atoms with Crippen LogP contribution in [-0.4, -0.2) is 64.7 Å². The Morgan fingerprint density at radius 1 is 0.925 bits per heavy atom. The molecule has 4 heterocycles. The monoisotopic (exact) mass is 565 g/mol. The molecule has 0 saturated carbocycles. The molecular weight excluding hydrogens is 534 g/mol. The van der Waals surface area contributed by atoms with Crippen LogP contribution >= 0.6 is 0 Å². The van der Waals surface area contributed by atoms with Crippen LogP contribution in [0.15, 0.2) is 63.0 Å². The molecule has 0 radical (unpaired) electrons. The average molecular weight is 566 g/mol. The Balaban J connectivity index is 1.16. The van der Waals surface area contributed by atoms with E-state index in [1.54, 1.807) is 37.4 Å². The summed E-state index contributed by atoms with van der Waals surface area (Å²) < 4.78 is 41.8. The molecule has 6 rings (SSSR count). The van der Waals surface area contributed by atoms with E-state index in [-0.39, 0.29) is 22.9 Å². The number of piperazine rings is 1. The van der Waals surface area contributed by atoms with Crippen LogP contribution in [0.5, 0.6) is 11.5 Å². The van der Waals surface area contributed by atoms with Gasteiger partial charge in [0.25, 0.3) is 5.56 Å². The topological polar surface area (TPSA) is 119 Å². The van der Waals surface area contributed by atoms with Crippen molar-refractivity contribution in [3.63, 3.8) is 0 Å². The van der Waals surface area contributed by atoms with Crippen molar-refractivity contribution >= 4 is 21.1 Å². The summed E-state index contributed by atoms with van der Waals surface area (Å²) in [4.78, 5) is 31.1. The number of fused-ring (bicyclic) bond motifs is 2. The van der Waals surface area contributed by atoms with Crippen molar-refractivity contribution in [2.24, 2.45) is 7.05 Å². The average Bonchev–Trinajstić information content (AvgIpc) is 3.62. The molecule has 1 saturated heterocycles. The fourth-order valence-electron chi connectivity index (χ4n) is 5.33. The molecule has 2 aromatic heterocycles. The van der Waals surface area contributed by atoms with E-state index in [4.69, 9.17) is 9.47 Å². The van der Waals surface area contributed by atoms with Crippen molar-refractivity contribution in [3.8, 4) is 22.8 Å². The highest BCUT2D eigenvalue weighted by Crippen LogP contribution is 2.33. The van der Waals surface area contributed by atoms with Crippen LogP contribution < -0.4 is 20.7 Å². The highest BCUT2D eigenvalue weighted by Gasteiger charge is 2.29. The molecular formula is C28H31N5O6S. The number of hydrogen-bond acceptors (Lipinski definition) is 7. The summed E-state index contributed by atoms with van der Waals surface area (Å²) in [5.74, 6) is 1.49. The van der Waals surface area contributed by atoms with Gasteiger partial charge in [0, 0.05) is 52.0 Å². The van der Waals surface area contributed by atoms with Crippen molar-refractivity contribution in [2.75, 3.05) is 33.0 Å². The second-order valence-electron chi connectivity index (χ2n) is 10.1. The van der Waals surface area contributed by atoms with Gasteiger partial charge in [-0.15, -0.1) is 0 Å². The highest BCUT2D eigenvalue weighted by atomic mass is 32.2. The first kappa shape index (κ1) is 26.4. The Morgan fingerprint density at radius 3 is 2.38 bits per heavy atom. The fraction of sp³-hybridized carbons (Fsp3) is 0.357. The van der Waals surface area contributed by atoms with Crippen molar-refractivity contribution in [1.29, 1.82) is 0 Å². The van der Waals surface area contributed by atoms with Crippen molar-refractivity contribution < 1.29 is 17.9 Å². The number of hydrogen-bond donors (Lipinski definition) is 1. The molecule has 2 aliphatic heterocycles. The number of ether oxygens (including phenoxy) is 2. The Hall–Kier alpha value is -3.87. The number of benzene rings is 2. The van der Waals surface area contributed by atoms with Crippen LogP contribution in [-0.2, 0) is 30.2 Å². The molecule has 4 aromatic rings. The molecule has 0 atom stereocenters. The molecule has 40 heavy (non-hydrogen) atoms. The van der Waals surface area contributed by atoms with Gasteiger partial charge in [-0.25, -0.2) is 13.2 Å². The van der Waals surface area contributed by atoms with Crippen LogP contribution in [0.3, 0.4) is 0 Å². The first-order valence-corrected chi connectivity index (χ1v) is 14.7. The smallest absolute Gasteiger partial charge is 0.331 e. The molecule has 1 fully saturated rings. The molecule has 0 amide bonds. The largest absolute Gasteiger partial charge is 0.454 e. The zero-order chi connectivity index (χ0) is 28.0. The zero-order valence-electron chi connectivity index (χ0n) is 22.4. The Bertz CT molecular complexity index is 1800. The van der Waals surface area contributed by atoms with Gasteiger partial charge in [-0.2, -0.15) is 4.31 Å². The fourth-order valence-corrected chi connectivity index (χ4v) is 6.76. The lowest BCUT2D eigenvalue weighted by atomic mass is 10.1. The minimum absolute atomic E-state index is 0.217. The summed E-state index contributed by atoms with van der Waals surface area (Å²) in [5, 5.41) is 0. The number of nitrogens with one attached hydrogen (secondary N) is 1. The number of nitrogens with zero attached hydrogens (tertiary/aromatic N) is 4. The van der Waals surface area contributed by atoms with Crippen LogP contribution in [0.4, 0.5) is 0 Å². The minimum Gasteiger partial charge on any atom is -0.454 e. The second kappa shape index (κ2) is 10.3. The number of aromatic amines is 1. The maximum atomic E-state index is 13.4. The van der Waals surface area contributed by atoms with Crippen LogP contribution in [0.2, 0.25) is 0 Å². The van der Waals surface area contributed by atoms with Gasteiger partial charge in [0.05, 0.1) is 10.4 Å². The van der Waals surface area contributed by atoms with E-state index >= 15 is 0 Å². The highest BCUT2D eigenvalue weighted by molar-refractivity contribution is 7.89. The molecule has 11 nitrogen and oxygen atoms in total. The van der Waals surface area contributed by atoms with Gasteiger partial charge >= 0.3 is 5.69 Å². The van der Waals surface area contributed by atoms with E-state index in [1.807, 2.05) is 25.1 Å². The maximum absolute atomic E-state index is 13.4. The van der Waals surface area contributed by atoms with Crippen LogP contribution in [0.25, 0.3) is 22.3 Å². The van der Waals surface area contributed by atoms with Gasteiger partial charge in [-0.05, 0) is 47.9 Å². The van der Waals surface area contributed by atoms with E-state index in [9.17, 15) is 18.0 Å². The maximum Gasteiger partial charge on any atom is 0.331 e. The number of sulfonamides is 1. The van der Waals surface area contributed by atoms with Gasteiger partial charge in [0.15, 0.2) is 11.5 Å². The quantitative estimate of drug-likeness (QED) is 0.365. The third kappa shape index (κ3) is 4.61. The van der Waals surface area contributed by atoms with Gasteiger partial charge in [0.2, 0.25) is 16.8 Å². The first-order valence-electron chi connectivity index (χ1n) is 13.3. The normalized spacial score (nSPS) is 16.1. The molecule has 0 bridgehead atoms. The Morgan fingerprint density at radius 2 is 1.65 bits per heavy atom. The van der Waals surface area contributed by atoms with E-state index in [0.29, 0.717) is 62.4 Å². The molecule has 0 unspecified atom stereocenters. The van der Waals surface area contributed by atoms with Gasteiger partial charge in [0.1, 0.15) is 5.52 Å². The van der Waals surface area contributed by atoms with E-state index in [1.165, 1.54) is 13.4 Å². The number of aromatic nitrogens is 3. The summed E-state index contributed by atoms with van der Waals surface area (Å²) in [7, 11) is -2.02. The summed E-state index contributed by atoms with van der Waals surface area (Å²) in [6.45, 7) is 5.23. The van der Waals surface area contributed by atoms with Crippen LogP contribution in [0, 0.1) is 0 Å². The van der Waals surface area contributed by atoms with Gasteiger partial charge < -0.3 is 14.5 Å². The first-order chi connectivity index (χ1) is 19.3. The van der Waals surface area contributed by atoms with Crippen molar-refractivity contribution in [3.05, 3.63) is 74.9 Å². The summed E-state index contributed by atoms with van der Waals surface area (Å²) in [6.07, 6.45) is 0.666. The lowest BCUT2D eigenvalue weighted by molar-refractivity contribution is 0.173. The number of aryl methyl sites for hydroxylation is 1. The van der Waals surface area contributed by atoms with Crippen molar-refractivity contribution in [1.82, 2.24) is 23.3 Å². The lowest BCUT2D eigenvalue weighted by Gasteiger charge is -2.34. The Labute approximate surface area is 231 Å². The Kier molecular flexibility index (Phi) is 6.77. The van der Waals surface area contributed by atoms with Crippen LogP contribution in [0.1, 0.15) is 18.9 Å². The standard InChI is InChI=1S/C28H31N5O6S/c1-3-10-33-27(34)26-23(30(2)28(33)35)16-22(29-26)20-5-7-21(8-6-20)40(36,37)32-13-11-31(12-14-32)17-19-4-9-24-25(15-19)39-18-38-24/h4-9,15-16,29H,3,10-14,17-18H2,1-2H3. The predicted octanol–water partition coefficient (Wildman–Crippen LogP) is 2.34. The summed E-state index contributed by atoms with van der Waals surface area (Å²) in [6, 6.07) is 14.2. The van der Waals surface area contributed by atoms with Crippen molar-refractivity contribution in [2.45, 2.75) is 31.3 Å². The van der Waals surface area contributed by atoms with E-state index in [2.05, 4.69) is 9.88 Å². The SMILES string of the molecule is CCCn1c(=O)c2[nH]c(-c3ccc(S(=O)(=O)N4CCN(Cc5ccc6c(c5)OCO6)CC4)cc3)cc2n(C)c1=O.